The average molecular weight is 355 g/mol. The molecule has 4 N–H and O–H groups in total. The molecule has 0 bridgehead atoms. The Morgan fingerprint density at radius 3 is 2.59 bits per heavy atom. The Kier molecular flexibility index (Phi) is 6.00. The van der Waals surface area contributed by atoms with E-state index in [2.05, 4.69) is 22.7 Å². The largest absolute Gasteiger partial charge is 0.489 e. The van der Waals surface area contributed by atoms with Gasteiger partial charge < -0.3 is 10.5 Å². The topological polar surface area (TPSA) is 61.2 Å². The van der Waals surface area contributed by atoms with Gasteiger partial charge in [-0.2, -0.15) is 0 Å². The first kappa shape index (κ1) is 16.5. The molecule has 0 aliphatic rings. The van der Waals surface area contributed by atoms with Gasteiger partial charge in [-0.05, 0) is 48.6 Å². The van der Waals surface area contributed by atoms with Crippen LogP contribution in [0.2, 0.25) is 10.0 Å². The lowest BCUT2D eigenvalue weighted by molar-refractivity contribution is -0.499. The molecule has 0 heterocycles. The normalized spacial score (nSPS) is 10.6. The predicted molar refractivity (Wildman–Crippen MR) is 93.3 cm³/mol. The van der Waals surface area contributed by atoms with Crippen molar-refractivity contribution >= 4 is 46.7 Å². The highest BCUT2D eigenvalue weighted by atomic mass is 35.5. The van der Waals surface area contributed by atoms with Gasteiger partial charge in [-0.3, -0.25) is 0 Å². The second kappa shape index (κ2) is 7.98. The molecule has 2 rings (SSSR count). The van der Waals surface area contributed by atoms with Crippen molar-refractivity contribution in [2.75, 3.05) is 0 Å². The third-order valence-electron chi connectivity index (χ3n) is 2.72. The van der Waals surface area contributed by atoms with Crippen molar-refractivity contribution in [1.82, 2.24) is 5.43 Å². The third kappa shape index (κ3) is 5.18. The number of thiocarbonyl (C=S) groups is 1. The summed E-state index contributed by atoms with van der Waals surface area (Å²) < 4.78 is 5.69. The molecule has 0 radical (unpaired) electrons. The molecule has 2 aromatic carbocycles. The highest BCUT2D eigenvalue weighted by molar-refractivity contribution is 7.80. The van der Waals surface area contributed by atoms with Gasteiger partial charge in [0.15, 0.2) is 6.21 Å². The van der Waals surface area contributed by atoms with Crippen molar-refractivity contribution in [3.63, 3.8) is 0 Å². The molecule has 4 nitrogen and oxygen atoms in total. The van der Waals surface area contributed by atoms with Crippen LogP contribution in [0.15, 0.2) is 42.5 Å². The van der Waals surface area contributed by atoms with E-state index < -0.39 is 0 Å². The van der Waals surface area contributed by atoms with E-state index in [0.29, 0.717) is 16.7 Å². The fraction of sp³-hybridized carbons (Fsp3) is 0.0667. The lowest BCUT2D eigenvalue weighted by Crippen LogP contribution is -2.82. The van der Waals surface area contributed by atoms with E-state index in [0.717, 1.165) is 16.9 Å². The standard InChI is InChI=1S/C15H13Cl2N3OS/c16-12-4-3-11(14(17)7-12)9-21-13-5-1-10(2-6-13)8-19-20-15(18)22/h1-8H,9H2,(H3,18,20,22)/p+1. The van der Waals surface area contributed by atoms with E-state index in [4.69, 9.17) is 33.7 Å². The Balaban J connectivity index is 1.93. The summed E-state index contributed by atoms with van der Waals surface area (Å²) in [5.74, 6) is 0.741. The van der Waals surface area contributed by atoms with Crippen LogP contribution in [0.5, 0.6) is 5.75 Å². The number of ether oxygens (including phenoxy) is 1. The molecule has 0 unspecified atom stereocenters. The zero-order valence-electron chi connectivity index (χ0n) is 11.5. The summed E-state index contributed by atoms with van der Waals surface area (Å²) in [4.78, 5) is 0. The molecule has 0 saturated carbocycles. The van der Waals surface area contributed by atoms with Gasteiger partial charge in [-0.15, -0.1) is 10.5 Å². The number of hydrogen-bond acceptors (Lipinski definition) is 2. The first-order valence-electron chi connectivity index (χ1n) is 6.35. The number of hydrogen-bond donors (Lipinski definition) is 3. The molecule has 0 atom stereocenters. The zero-order chi connectivity index (χ0) is 15.9. The van der Waals surface area contributed by atoms with Crippen molar-refractivity contribution in [3.05, 3.63) is 63.6 Å². The second-order valence-corrected chi connectivity index (χ2v) is 5.65. The third-order valence-corrected chi connectivity index (χ3v) is 3.41. The fourth-order valence-corrected chi connectivity index (χ4v) is 2.17. The Hall–Kier alpha value is -1.82. The highest BCUT2D eigenvalue weighted by Crippen LogP contribution is 2.22. The number of rotatable bonds is 5. The Morgan fingerprint density at radius 1 is 1.23 bits per heavy atom. The summed E-state index contributed by atoms with van der Waals surface area (Å²) in [6, 6.07) is 12.8. The lowest BCUT2D eigenvalue weighted by atomic mass is 10.2. The maximum Gasteiger partial charge on any atom is 0.221 e. The predicted octanol–water partition coefficient (Wildman–Crippen LogP) is 1.82. The van der Waals surface area contributed by atoms with Crippen molar-refractivity contribution in [2.45, 2.75) is 6.61 Å². The SMILES string of the molecule is NC(=S)N[NH+]=Cc1ccc(OCc2ccc(Cl)cc2Cl)cc1. The van der Waals surface area contributed by atoms with E-state index in [1.54, 1.807) is 18.3 Å². The van der Waals surface area contributed by atoms with Crippen LogP contribution in [0.1, 0.15) is 11.1 Å². The van der Waals surface area contributed by atoms with Crippen molar-refractivity contribution < 1.29 is 9.84 Å². The molecule has 0 amide bonds. The van der Waals surface area contributed by atoms with Crippen LogP contribution in [-0.2, 0) is 6.61 Å². The van der Waals surface area contributed by atoms with E-state index in [1.807, 2.05) is 30.3 Å². The van der Waals surface area contributed by atoms with Crippen LogP contribution < -0.4 is 21.0 Å². The summed E-state index contributed by atoms with van der Waals surface area (Å²) in [6.45, 7) is 0.375. The summed E-state index contributed by atoms with van der Waals surface area (Å²) in [5, 5.41) is 4.15. The minimum atomic E-state index is 0.177. The van der Waals surface area contributed by atoms with E-state index >= 15 is 0 Å². The Labute approximate surface area is 143 Å². The molecular formula is C15H14Cl2N3OS+. The molecule has 114 valence electrons. The number of hydrazone groups is 1. The summed E-state index contributed by atoms with van der Waals surface area (Å²) >= 11 is 16.6. The fourth-order valence-electron chi connectivity index (χ4n) is 1.65. The molecule has 0 saturated heterocycles. The Morgan fingerprint density at radius 2 is 1.95 bits per heavy atom. The van der Waals surface area contributed by atoms with Gasteiger partial charge in [0.1, 0.15) is 12.4 Å². The molecule has 0 aliphatic heterocycles. The van der Waals surface area contributed by atoms with Gasteiger partial charge in [0.2, 0.25) is 5.11 Å². The number of benzene rings is 2. The summed E-state index contributed by atoms with van der Waals surface area (Å²) in [7, 11) is 0. The van der Waals surface area contributed by atoms with Crippen LogP contribution in [0, 0.1) is 0 Å². The molecule has 22 heavy (non-hydrogen) atoms. The van der Waals surface area contributed by atoms with Crippen LogP contribution in [0.4, 0.5) is 0 Å². The monoisotopic (exact) mass is 354 g/mol. The second-order valence-electron chi connectivity index (χ2n) is 4.37. The lowest BCUT2D eigenvalue weighted by Gasteiger charge is -2.08. The minimum Gasteiger partial charge on any atom is -0.489 e. The first-order chi connectivity index (χ1) is 10.5. The van der Waals surface area contributed by atoms with Crippen LogP contribution in [0.25, 0.3) is 0 Å². The average Bonchev–Trinajstić information content (AvgIpc) is 2.47. The van der Waals surface area contributed by atoms with E-state index in [9.17, 15) is 0 Å². The maximum atomic E-state index is 6.10. The van der Waals surface area contributed by atoms with E-state index in [1.165, 1.54) is 0 Å². The number of nitrogens with two attached hydrogens (primary N) is 1. The smallest absolute Gasteiger partial charge is 0.221 e. The number of nitrogens with one attached hydrogen (secondary N) is 2. The van der Waals surface area contributed by atoms with Crippen molar-refractivity contribution in [3.8, 4) is 5.75 Å². The van der Waals surface area contributed by atoms with Crippen molar-refractivity contribution in [2.24, 2.45) is 5.73 Å². The Bertz CT molecular complexity index is 690. The highest BCUT2D eigenvalue weighted by Gasteiger charge is 2.03. The van der Waals surface area contributed by atoms with E-state index in [-0.39, 0.29) is 5.11 Å². The zero-order valence-corrected chi connectivity index (χ0v) is 13.8. The first-order valence-corrected chi connectivity index (χ1v) is 7.52. The molecule has 0 spiro atoms. The van der Waals surface area contributed by atoms with Crippen LogP contribution >= 0.6 is 35.4 Å². The molecule has 0 aromatic heterocycles. The quantitative estimate of drug-likeness (QED) is 0.435. The van der Waals surface area contributed by atoms with Crippen molar-refractivity contribution in [1.29, 1.82) is 0 Å². The van der Waals surface area contributed by atoms with Gasteiger partial charge in [0.05, 0.1) is 0 Å². The van der Waals surface area contributed by atoms with Gasteiger partial charge in [-0.25, -0.2) is 0 Å². The number of hydrazine groups is 1. The van der Waals surface area contributed by atoms with Gasteiger partial charge in [-0.1, -0.05) is 29.3 Å². The van der Waals surface area contributed by atoms with Gasteiger partial charge in [0.25, 0.3) is 0 Å². The summed E-state index contributed by atoms with van der Waals surface area (Å²) in [5.41, 5.74) is 9.73. The molecule has 2 aromatic rings. The minimum absolute atomic E-state index is 0.177. The molecule has 7 heteroatoms. The molecular weight excluding hydrogens is 341 g/mol. The number of halogens is 2. The van der Waals surface area contributed by atoms with Gasteiger partial charge in [0, 0.05) is 21.2 Å². The summed E-state index contributed by atoms with van der Waals surface area (Å²) in [6.07, 6.45) is 1.74. The van der Waals surface area contributed by atoms with Crippen LogP contribution in [0.3, 0.4) is 0 Å². The maximum absolute atomic E-state index is 6.10. The van der Waals surface area contributed by atoms with Crippen LogP contribution in [-0.4, -0.2) is 11.3 Å². The molecule has 0 aliphatic carbocycles. The molecule has 0 fully saturated rings. The van der Waals surface area contributed by atoms with Gasteiger partial charge >= 0.3 is 0 Å².